The lowest BCUT2D eigenvalue weighted by molar-refractivity contribution is -1.01. The summed E-state index contributed by atoms with van der Waals surface area (Å²) in [6, 6.07) is 4.72. The minimum absolute atomic E-state index is 0.0322. The van der Waals surface area contributed by atoms with Crippen LogP contribution >= 0.6 is 0 Å². The van der Waals surface area contributed by atoms with E-state index >= 15 is 0 Å². The number of carbonyl (C=O) groups is 1. The smallest absolute Gasteiger partial charge is 0.198 e. The fraction of sp³-hybridized carbons (Fsp3) is 0.412. The van der Waals surface area contributed by atoms with Gasteiger partial charge in [-0.1, -0.05) is 12.1 Å². The van der Waals surface area contributed by atoms with Crippen molar-refractivity contribution in [2.45, 2.75) is 13.5 Å². The molecule has 6 heteroatoms. The van der Waals surface area contributed by atoms with Gasteiger partial charge in [-0.15, -0.1) is 0 Å². The number of H-pyrrole nitrogens is 1. The van der Waals surface area contributed by atoms with Gasteiger partial charge in [0.1, 0.15) is 32.7 Å². The zero-order valence-corrected chi connectivity index (χ0v) is 13.5. The standard InChI is InChI=1S/C17H21N3O3/c1-11-14(10-20-8-6-19(2)7-9-20)16(21)12-4-3-5-13(17(22)23)15(12)18-11/h3-5H,6-10H2,1-2H3,(H,18,21)(H,22,23)/p+1. The van der Waals surface area contributed by atoms with Crippen LogP contribution in [0.1, 0.15) is 21.6 Å². The summed E-state index contributed by atoms with van der Waals surface area (Å²) >= 11 is 0. The van der Waals surface area contributed by atoms with E-state index in [-0.39, 0.29) is 11.0 Å². The molecule has 1 aromatic carbocycles. The Balaban J connectivity index is 2.02. The number of aromatic carboxylic acids is 1. The number of carbonyl (C=O) groups excluding carboxylic acids is 1. The van der Waals surface area contributed by atoms with E-state index in [2.05, 4.69) is 12.0 Å². The minimum atomic E-state index is -1.27. The van der Waals surface area contributed by atoms with Crippen molar-refractivity contribution >= 4 is 16.9 Å². The van der Waals surface area contributed by atoms with Gasteiger partial charge in [0.05, 0.1) is 24.1 Å². The van der Waals surface area contributed by atoms with Crippen molar-refractivity contribution in [3.05, 3.63) is 45.2 Å². The molecule has 2 aromatic rings. The number of aryl methyl sites for hydroxylation is 1. The molecule has 0 amide bonds. The van der Waals surface area contributed by atoms with Crippen LogP contribution in [0.25, 0.3) is 10.9 Å². The summed E-state index contributed by atoms with van der Waals surface area (Å²) in [6.45, 7) is 6.82. The molecule has 2 heterocycles. The predicted molar refractivity (Wildman–Crippen MR) is 84.7 cm³/mol. The van der Waals surface area contributed by atoms with Crippen molar-refractivity contribution < 1.29 is 19.7 Å². The van der Waals surface area contributed by atoms with Gasteiger partial charge in [-0.2, -0.15) is 0 Å². The second kappa shape index (κ2) is 6.14. The summed E-state index contributed by atoms with van der Waals surface area (Å²) in [6.07, 6.45) is 0. The molecule has 0 bridgehead atoms. The molecule has 0 aliphatic carbocycles. The highest BCUT2D eigenvalue weighted by molar-refractivity contribution is 6.00. The topological polar surface area (TPSA) is 81.9 Å². The van der Waals surface area contributed by atoms with E-state index < -0.39 is 5.97 Å². The first-order valence-corrected chi connectivity index (χ1v) is 7.98. The van der Waals surface area contributed by atoms with Gasteiger partial charge in [0.25, 0.3) is 0 Å². The van der Waals surface area contributed by atoms with Crippen LogP contribution in [0, 0.1) is 6.92 Å². The largest absolute Gasteiger partial charge is 0.545 e. The van der Waals surface area contributed by atoms with Crippen LogP contribution in [-0.4, -0.2) is 44.2 Å². The Labute approximate surface area is 134 Å². The van der Waals surface area contributed by atoms with Crippen LogP contribution in [-0.2, 0) is 6.54 Å². The van der Waals surface area contributed by atoms with Gasteiger partial charge < -0.3 is 24.7 Å². The normalized spacial score (nSPS) is 21.5. The van der Waals surface area contributed by atoms with E-state index in [1.165, 1.54) is 15.9 Å². The lowest BCUT2D eigenvalue weighted by Gasteiger charge is -2.27. The molecule has 1 aliphatic heterocycles. The third kappa shape index (κ3) is 3.00. The first-order chi connectivity index (χ1) is 11.0. The number of quaternary nitrogens is 2. The Bertz CT molecular complexity index is 805. The predicted octanol–water partition coefficient (Wildman–Crippen LogP) is -2.89. The number of carboxylic acids is 1. The van der Waals surface area contributed by atoms with Crippen LogP contribution in [0.3, 0.4) is 0 Å². The van der Waals surface area contributed by atoms with Crippen molar-refractivity contribution in [1.82, 2.24) is 4.98 Å². The van der Waals surface area contributed by atoms with E-state index in [0.29, 0.717) is 17.4 Å². The molecule has 0 saturated carbocycles. The van der Waals surface area contributed by atoms with E-state index in [1.54, 1.807) is 12.1 Å². The first kappa shape index (κ1) is 15.7. The van der Waals surface area contributed by atoms with Crippen LogP contribution in [0.4, 0.5) is 0 Å². The molecule has 6 nitrogen and oxygen atoms in total. The average molecular weight is 316 g/mol. The molecule has 1 aliphatic rings. The van der Waals surface area contributed by atoms with Crippen molar-refractivity contribution in [3.8, 4) is 0 Å². The second-order valence-corrected chi connectivity index (χ2v) is 6.46. The Morgan fingerprint density at radius 3 is 2.61 bits per heavy atom. The van der Waals surface area contributed by atoms with Gasteiger partial charge in [0.2, 0.25) is 0 Å². The quantitative estimate of drug-likeness (QED) is 0.569. The zero-order valence-electron chi connectivity index (χ0n) is 13.5. The molecule has 1 aromatic heterocycles. The molecule has 1 saturated heterocycles. The van der Waals surface area contributed by atoms with Gasteiger partial charge in [-0.05, 0) is 13.0 Å². The lowest BCUT2D eigenvalue weighted by atomic mass is 10.0. The van der Waals surface area contributed by atoms with Crippen LogP contribution < -0.4 is 20.3 Å². The highest BCUT2D eigenvalue weighted by Gasteiger charge is 2.23. The van der Waals surface area contributed by atoms with E-state index in [9.17, 15) is 14.7 Å². The summed E-state index contributed by atoms with van der Waals surface area (Å²) in [5.74, 6) is -1.27. The number of hydrogen-bond donors (Lipinski definition) is 3. The van der Waals surface area contributed by atoms with Crippen molar-refractivity contribution in [2.75, 3.05) is 33.2 Å². The average Bonchev–Trinajstić information content (AvgIpc) is 2.52. The molecule has 122 valence electrons. The van der Waals surface area contributed by atoms with E-state index in [0.717, 1.165) is 37.4 Å². The molecular weight excluding hydrogens is 294 g/mol. The highest BCUT2D eigenvalue weighted by atomic mass is 16.4. The maximum atomic E-state index is 12.8. The molecule has 0 unspecified atom stereocenters. The SMILES string of the molecule is Cc1[nH]c2c(C(=O)[O-])cccc2c(=O)c1C[NH+]1CC[NH+](C)CC1. The Morgan fingerprint density at radius 1 is 1.26 bits per heavy atom. The van der Waals surface area contributed by atoms with Crippen LogP contribution in [0.2, 0.25) is 0 Å². The fourth-order valence-electron chi connectivity index (χ4n) is 3.31. The lowest BCUT2D eigenvalue weighted by Crippen LogP contribution is -3.26. The minimum Gasteiger partial charge on any atom is -0.545 e. The molecular formula is C17H22N3O3+. The van der Waals surface area contributed by atoms with E-state index in [1.807, 2.05) is 6.92 Å². The Hall–Kier alpha value is -2.18. The number of aromatic nitrogens is 1. The van der Waals surface area contributed by atoms with Gasteiger partial charge in [0, 0.05) is 16.6 Å². The number of hydrogen-bond acceptors (Lipinski definition) is 3. The number of nitrogens with one attached hydrogen (secondary N) is 3. The van der Waals surface area contributed by atoms with E-state index in [4.69, 9.17) is 0 Å². The highest BCUT2D eigenvalue weighted by Crippen LogP contribution is 2.15. The third-order valence-electron chi connectivity index (χ3n) is 4.81. The zero-order chi connectivity index (χ0) is 16.6. The third-order valence-corrected chi connectivity index (χ3v) is 4.81. The molecule has 23 heavy (non-hydrogen) atoms. The van der Waals surface area contributed by atoms with Crippen molar-refractivity contribution in [3.63, 3.8) is 0 Å². The van der Waals surface area contributed by atoms with Crippen molar-refractivity contribution in [2.24, 2.45) is 0 Å². The van der Waals surface area contributed by atoms with Gasteiger partial charge >= 0.3 is 0 Å². The number of fused-ring (bicyclic) bond motifs is 1. The summed E-state index contributed by atoms with van der Waals surface area (Å²) in [7, 11) is 2.19. The van der Waals surface area contributed by atoms with Gasteiger partial charge in [0.15, 0.2) is 5.43 Å². The number of para-hydroxylation sites is 1. The number of likely N-dealkylation sites (N-methyl/N-ethyl adjacent to an activating group) is 1. The van der Waals surface area contributed by atoms with Crippen molar-refractivity contribution in [1.29, 1.82) is 0 Å². The monoisotopic (exact) mass is 316 g/mol. The van der Waals surface area contributed by atoms with Crippen LogP contribution in [0.5, 0.6) is 0 Å². The summed E-state index contributed by atoms with van der Waals surface area (Å²) in [4.78, 5) is 30.1. The number of aromatic amines is 1. The molecule has 3 rings (SSSR count). The molecule has 0 spiro atoms. The number of piperazine rings is 1. The molecule has 0 atom stereocenters. The summed E-state index contributed by atoms with van der Waals surface area (Å²) < 4.78 is 0. The molecule has 1 fully saturated rings. The fourth-order valence-corrected chi connectivity index (χ4v) is 3.31. The summed E-state index contributed by atoms with van der Waals surface area (Å²) in [5.41, 5.74) is 1.82. The molecule has 3 N–H and O–H groups in total. The molecule has 0 radical (unpaired) electrons. The number of rotatable bonds is 3. The second-order valence-electron chi connectivity index (χ2n) is 6.46. The van der Waals surface area contributed by atoms with Gasteiger partial charge in [-0.25, -0.2) is 0 Å². The Kier molecular flexibility index (Phi) is 4.19. The van der Waals surface area contributed by atoms with Crippen LogP contribution in [0.15, 0.2) is 23.0 Å². The number of benzene rings is 1. The maximum Gasteiger partial charge on any atom is 0.198 e. The maximum absolute atomic E-state index is 12.8. The number of carboxylic acid groups (broad SMARTS) is 1. The Morgan fingerprint density at radius 2 is 1.96 bits per heavy atom. The summed E-state index contributed by atoms with van der Waals surface area (Å²) in [5, 5.41) is 11.7. The van der Waals surface area contributed by atoms with Gasteiger partial charge in [-0.3, -0.25) is 4.79 Å². The first-order valence-electron chi connectivity index (χ1n) is 7.98. The number of pyridine rings is 1.